The summed E-state index contributed by atoms with van der Waals surface area (Å²) < 4.78 is 2.45. The van der Waals surface area contributed by atoms with E-state index in [1.807, 2.05) is 0 Å². The second-order valence-electron chi connectivity index (χ2n) is 6.54. The molecule has 0 heterocycles. The first kappa shape index (κ1) is 22.4. The normalized spacial score (nSPS) is 13.0. The topological polar surface area (TPSA) is 23.5 Å². The quantitative estimate of drug-likeness (QED) is 0.260. The molecular formula is C19H42NOP. The highest BCUT2D eigenvalue weighted by Crippen LogP contribution is 2.36. The van der Waals surface area contributed by atoms with Gasteiger partial charge in [-0.3, -0.25) is 4.67 Å². The Morgan fingerprint density at radius 2 is 1.18 bits per heavy atom. The minimum absolute atomic E-state index is 0.0145. The molecule has 0 fully saturated rings. The largest absolute Gasteiger partial charge is 0.395 e. The maximum Gasteiger partial charge on any atom is 0.0561 e. The Hall–Kier alpha value is 0.350. The molecule has 0 aromatic rings. The molecule has 0 amide bonds. The van der Waals surface area contributed by atoms with Gasteiger partial charge in [0.2, 0.25) is 0 Å². The summed E-state index contributed by atoms with van der Waals surface area (Å²) in [5, 5.41) is 9.06. The summed E-state index contributed by atoms with van der Waals surface area (Å²) in [6.07, 6.45) is 18.5. The van der Waals surface area contributed by atoms with E-state index in [2.05, 4.69) is 25.2 Å². The molecule has 0 saturated heterocycles. The number of hydrogen-bond acceptors (Lipinski definition) is 2. The van der Waals surface area contributed by atoms with Crippen molar-refractivity contribution in [1.82, 2.24) is 4.67 Å². The molecule has 0 aliphatic rings. The van der Waals surface area contributed by atoms with Crippen molar-refractivity contribution in [3.8, 4) is 0 Å². The van der Waals surface area contributed by atoms with Crippen molar-refractivity contribution in [1.29, 1.82) is 0 Å². The second kappa shape index (κ2) is 17.7. The van der Waals surface area contributed by atoms with Crippen LogP contribution in [0.4, 0.5) is 0 Å². The summed E-state index contributed by atoms with van der Waals surface area (Å²) in [6, 6.07) is 0. The van der Waals surface area contributed by atoms with Crippen LogP contribution in [0, 0.1) is 0 Å². The lowest BCUT2D eigenvalue weighted by molar-refractivity contribution is 0.261. The van der Waals surface area contributed by atoms with Crippen molar-refractivity contribution in [2.75, 3.05) is 32.5 Å². The third-order valence-electron chi connectivity index (χ3n) is 4.54. The molecular weight excluding hydrogens is 289 g/mol. The van der Waals surface area contributed by atoms with E-state index in [0.29, 0.717) is 6.61 Å². The van der Waals surface area contributed by atoms with Crippen LogP contribution in [0.5, 0.6) is 0 Å². The van der Waals surface area contributed by atoms with Crippen molar-refractivity contribution in [3.05, 3.63) is 0 Å². The van der Waals surface area contributed by atoms with E-state index >= 15 is 0 Å². The van der Waals surface area contributed by atoms with Crippen molar-refractivity contribution in [2.24, 2.45) is 0 Å². The van der Waals surface area contributed by atoms with E-state index in [0.717, 1.165) is 13.1 Å². The van der Waals surface area contributed by atoms with Crippen LogP contribution in [0.15, 0.2) is 0 Å². The Morgan fingerprint density at radius 1 is 0.727 bits per heavy atom. The van der Waals surface area contributed by atoms with Gasteiger partial charge in [0.1, 0.15) is 0 Å². The predicted octanol–water partition coefficient (Wildman–Crippen LogP) is 6.03. The van der Waals surface area contributed by atoms with E-state index in [4.69, 9.17) is 5.11 Å². The first-order valence-corrected chi connectivity index (χ1v) is 11.8. The van der Waals surface area contributed by atoms with Crippen LogP contribution in [0.2, 0.25) is 0 Å². The van der Waals surface area contributed by atoms with Gasteiger partial charge in [0.15, 0.2) is 0 Å². The number of unbranched alkanes of at least 4 members (excludes halogenated alkanes) is 11. The zero-order valence-corrected chi connectivity index (χ0v) is 16.5. The Morgan fingerprint density at radius 3 is 1.59 bits per heavy atom. The molecule has 0 aliphatic carbocycles. The average Bonchev–Trinajstić information content (AvgIpc) is 2.53. The highest BCUT2D eigenvalue weighted by Gasteiger charge is 2.09. The van der Waals surface area contributed by atoms with Crippen LogP contribution in [-0.2, 0) is 0 Å². The standard InChI is InChI=1S/C19H42NOP/c1-4-6-7-8-9-10-11-12-13-14-15-16-19-22(3)20(5-2)17-18-21/h21H,4-19H2,1-3H3. The summed E-state index contributed by atoms with van der Waals surface area (Å²) in [7, 11) is -0.0145. The van der Waals surface area contributed by atoms with Crippen molar-refractivity contribution >= 4 is 8.07 Å². The molecule has 1 atom stereocenters. The second-order valence-corrected chi connectivity index (χ2v) is 8.87. The van der Waals surface area contributed by atoms with Gasteiger partial charge in [0.05, 0.1) is 6.61 Å². The van der Waals surface area contributed by atoms with E-state index in [1.165, 1.54) is 83.2 Å². The zero-order valence-electron chi connectivity index (χ0n) is 15.7. The van der Waals surface area contributed by atoms with Gasteiger partial charge in [0, 0.05) is 6.54 Å². The number of hydrogen-bond donors (Lipinski definition) is 1. The van der Waals surface area contributed by atoms with Crippen molar-refractivity contribution in [3.63, 3.8) is 0 Å². The summed E-state index contributed by atoms with van der Waals surface area (Å²) in [5.41, 5.74) is 0. The maximum absolute atomic E-state index is 9.06. The minimum Gasteiger partial charge on any atom is -0.395 e. The van der Waals surface area contributed by atoms with Gasteiger partial charge >= 0.3 is 0 Å². The molecule has 2 nitrogen and oxygen atoms in total. The molecule has 0 radical (unpaired) electrons. The molecule has 1 unspecified atom stereocenters. The summed E-state index contributed by atoms with van der Waals surface area (Å²) >= 11 is 0. The van der Waals surface area contributed by atoms with Crippen LogP contribution in [-0.4, -0.2) is 42.3 Å². The van der Waals surface area contributed by atoms with Crippen LogP contribution in [0.25, 0.3) is 0 Å². The molecule has 0 spiro atoms. The summed E-state index contributed by atoms with van der Waals surface area (Å²) in [6.45, 7) is 9.11. The molecule has 0 aromatic heterocycles. The third kappa shape index (κ3) is 14.0. The maximum atomic E-state index is 9.06. The molecule has 0 saturated carbocycles. The fraction of sp³-hybridized carbons (Fsp3) is 1.00. The van der Waals surface area contributed by atoms with Crippen LogP contribution >= 0.6 is 8.07 Å². The predicted molar refractivity (Wildman–Crippen MR) is 103 cm³/mol. The molecule has 0 bridgehead atoms. The number of likely N-dealkylation sites (N-methyl/N-ethyl adjacent to an activating group) is 1. The van der Waals surface area contributed by atoms with Crippen molar-refractivity contribution in [2.45, 2.75) is 90.9 Å². The Balaban J connectivity index is 3.25. The van der Waals surface area contributed by atoms with Gasteiger partial charge in [-0.15, -0.1) is 0 Å². The molecule has 0 rings (SSSR count). The number of rotatable bonds is 17. The van der Waals surface area contributed by atoms with Gasteiger partial charge in [-0.05, 0) is 33.9 Å². The van der Waals surface area contributed by atoms with E-state index in [1.54, 1.807) is 0 Å². The van der Waals surface area contributed by atoms with Gasteiger partial charge < -0.3 is 5.11 Å². The van der Waals surface area contributed by atoms with E-state index in [-0.39, 0.29) is 8.07 Å². The highest BCUT2D eigenvalue weighted by molar-refractivity contribution is 7.54. The molecule has 0 aromatic carbocycles. The van der Waals surface area contributed by atoms with Gasteiger partial charge in [-0.1, -0.05) is 84.5 Å². The van der Waals surface area contributed by atoms with Crippen LogP contribution < -0.4 is 0 Å². The first-order valence-electron chi connectivity index (χ1n) is 9.83. The van der Waals surface area contributed by atoms with Crippen LogP contribution in [0.1, 0.15) is 90.9 Å². The lowest BCUT2D eigenvalue weighted by Crippen LogP contribution is -2.22. The highest BCUT2D eigenvalue weighted by atomic mass is 31.1. The lowest BCUT2D eigenvalue weighted by Gasteiger charge is -2.27. The monoisotopic (exact) mass is 331 g/mol. The lowest BCUT2D eigenvalue weighted by atomic mass is 10.1. The first-order chi connectivity index (χ1) is 10.8. The number of aliphatic hydroxyl groups excluding tert-OH is 1. The number of nitrogens with zero attached hydrogens (tertiary/aromatic N) is 1. The SMILES string of the molecule is CCCCCCCCCCCCCCP(C)N(CC)CCO. The van der Waals surface area contributed by atoms with Gasteiger partial charge in [-0.25, -0.2) is 0 Å². The summed E-state index contributed by atoms with van der Waals surface area (Å²) in [4.78, 5) is 0. The fourth-order valence-corrected chi connectivity index (χ4v) is 4.89. The zero-order chi connectivity index (χ0) is 16.5. The number of aliphatic hydroxyl groups is 1. The summed E-state index contributed by atoms with van der Waals surface area (Å²) in [5.74, 6) is 0. The molecule has 3 heteroatoms. The Bertz CT molecular complexity index is 214. The van der Waals surface area contributed by atoms with E-state index in [9.17, 15) is 0 Å². The molecule has 0 aliphatic heterocycles. The minimum atomic E-state index is -0.0145. The van der Waals surface area contributed by atoms with Crippen LogP contribution in [0.3, 0.4) is 0 Å². The smallest absolute Gasteiger partial charge is 0.0561 e. The van der Waals surface area contributed by atoms with E-state index < -0.39 is 0 Å². The van der Waals surface area contributed by atoms with Crippen molar-refractivity contribution < 1.29 is 5.11 Å². The average molecular weight is 332 g/mol. The molecule has 1 N–H and O–H groups in total. The third-order valence-corrected chi connectivity index (χ3v) is 6.95. The Labute approximate surface area is 141 Å². The van der Waals surface area contributed by atoms with Gasteiger partial charge in [0.25, 0.3) is 0 Å². The Kier molecular flexibility index (Phi) is 18.0. The fourth-order valence-electron chi connectivity index (χ4n) is 3.01. The van der Waals surface area contributed by atoms with Gasteiger partial charge in [-0.2, -0.15) is 0 Å². The molecule has 134 valence electrons. The molecule has 22 heavy (non-hydrogen) atoms.